The lowest BCUT2D eigenvalue weighted by atomic mass is 9.96. The van der Waals surface area contributed by atoms with E-state index in [0.717, 1.165) is 10.8 Å². The van der Waals surface area contributed by atoms with Gasteiger partial charge in [0.1, 0.15) is 0 Å². The Labute approximate surface area is 85.7 Å². The first-order valence-electron chi connectivity index (χ1n) is 4.65. The topological polar surface area (TPSA) is 46.2 Å². The van der Waals surface area contributed by atoms with Crippen molar-refractivity contribution in [2.24, 2.45) is 0 Å². The number of rotatable bonds is 0. The monoisotopic (exact) mass is 197 g/mol. The third-order valence-corrected chi connectivity index (χ3v) is 2.60. The molecule has 2 aromatic rings. The van der Waals surface area contributed by atoms with Crippen molar-refractivity contribution in [3.8, 4) is 0 Å². The van der Waals surface area contributed by atoms with E-state index in [2.05, 4.69) is 5.32 Å². The highest BCUT2D eigenvalue weighted by Crippen LogP contribution is 2.30. The normalized spacial score (nSPS) is 14.1. The van der Waals surface area contributed by atoms with E-state index in [1.807, 2.05) is 18.2 Å². The Bertz CT molecular complexity index is 596. The molecule has 0 fully saturated rings. The maximum Gasteiger partial charge on any atom is 0.296 e. The van der Waals surface area contributed by atoms with Crippen LogP contribution < -0.4 is 5.32 Å². The molecule has 0 atom stereocenters. The fraction of sp³-hybridized carbons (Fsp3) is 0. The summed E-state index contributed by atoms with van der Waals surface area (Å²) < 4.78 is 0. The zero-order valence-corrected chi connectivity index (χ0v) is 7.78. The number of hydrogen-bond acceptors (Lipinski definition) is 2. The average molecular weight is 197 g/mol. The molecular weight excluding hydrogens is 190 g/mol. The van der Waals surface area contributed by atoms with Crippen LogP contribution in [0.15, 0.2) is 36.4 Å². The molecule has 15 heavy (non-hydrogen) atoms. The number of amides is 1. The summed E-state index contributed by atoms with van der Waals surface area (Å²) in [5.74, 6) is -1.01. The molecule has 0 spiro atoms. The van der Waals surface area contributed by atoms with Gasteiger partial charge < -0.3 is 5.32 Å². The first-order valence-corrected chi connectivity index (χ1v) is 4.65. The summed E-state index contributed by atoms with van der Waals surface area (Å²) in [5.41, 5.74) is 1.21. The minimum atomic E-state index is -0.554. The summed E-state index contributed by atoms with van der Waals surface area (Å²) in [7, 11) is 0. The molecule has 3 heteroatoms. The molecule has 1 N–H and O–H groups in total. The third-order valence-electron chi connectivity index (χ3n) is 2.60. The Morgan fingerprint density at radius 2 is 1.67 bits per heavy atom. The number of nitrogens with one attached hydrogen (secondary N) is 1. The van der Waals surface area contributed by atoms with Crippen molar-refractivity contribution in [2.75, 3.05) is 5.32 Å². The van der Waals surface area contributed by atoms with Gasteiger partial charge >= 0.3 is 0 Å². The molecule has 0 unspecified atom stereocenters. The molecule has 0 saturated carbocycles. The minimum Gasteiger partial charge on any atom is -0.319 e. The molecular formula is C12H7NO2. The van der Waals surface area contributed by atoms with Gasteiger partial charge in [-0.15, -0.1) is 0 Å². The van der Waals surface area contributed by atoms with Crippen LogP contribution in [0.25, 0.3) is 10.8 Å². The third kappa shape index (κ3) is 1.00. The van der Waals surface area contributed by atoms with E-state index in [9.17, 15) is 9.59 Å². The Hall–Kier alpha value is -2.16. The standard InChI is InChI=1S/C12H7NO2/c14-11-8-5-1-3-7-4-2-6-9(10(7)8)13-12(11)15/h1-6H,(H,13,15). The van der Waals surface area contributed by atoms with E-state index in [4.69, 9.17) is 0 Å². The molecule has 0 bridgehead atoms. The second-order valence-electron chi connectivity index (χ2n) is 3.49. The summed E-state index contributed by atoms with van der Waals surface area (Å²) in [4.78, 5) is 22.9. The number of hydrogen-bond donors (Lipinski definition) is 1. The maximum absolute atomic E-state index is 11.6. The highest BCUT2D eigenvalue weighted by atomic mass is 16.2. The maximum atomic E-state index is 11.6. The second-order valence-corrected chi connectivity index (χ2v) is 3.49. The zero-order valence-electron chi connectivity index (χ0n) is 7.78. The Kier molecular flexibility index (Phi) is 1.45. The van der Waals surface area contributed by atoms with Crippen LogP contribution in [0, 0.1) is 0 Å². The van der Waals surface area contributed by atoms with Crippen LogP contribution in [0.5, 0.6) is 0 Å². The van der Waals surface area contributed by atoms with Crippen LogP contribution in [0.4, 0.5) is 5.69 Å². The van der Waals surface area contributed by atoms with Gasteiger partial charge in [-0.05, 0) is 11.5 Å². The van der Waals surface area contributed by atoms with Gasteiger partial charge in [-0.3, -0.25) is 9.59 Å². The van der Waals surface area contributed by atoms with E-state index in [0.29, 0.717) is 11.3 Å². The lowest BCUT2D eigenvalue weighted by molar-refractivity contribution is -0.112. The van der Waals surface area contributed by atoms with E-state index < -0.39 is 11.7 Å². The lowest BCUT2D eigenvalue weighted by Gasteiger charge is -2.16. The van der Waals surface area contributed by atoms with Gasteiger partial charge in [-0.2, -0.15) is 0 Å². The largest absolute Gasteiger partial charge is 0.319 e. The van der Waals surface area contributed by atoms with E-state index in [1.165, 1.54) is 0 Å². The van der Waals surface area contributed by atoms with Crippen LogP contribution in [-0.4, -0.2) is 11.7 Å². The molecule has 3 rings (SSSR count). The van der Waals surface area contributed by atoms with Crippen LogP contribution in [-0.2, 0) is 4.79 Å². The van der Waals surface area contributed by atoms with Crippen molar-refractivity contribution in [1.29, 1.82) is 0 Å². The van der Waals surface area contributed by atoms with Crippen LogP contribution in [0.2, 0.25) is 0 Å². The van der Waals surface area contributed by atoms with Crippen molar-refractivity contribution in [3.63, 3.8) is 0 Å². The number of Topliss-reactive ketones (excluding diaryl/α,β-unsaturated/α-hetero) is 1. The molecule has 0 saturated heterocycles. The van der Waals surface area contributed by atoms with E-state index >= 15 is 0 Å². The summed E-state index contributed by atoms with van der Waals surface area (Å²) in [6, 6.07) is 11.0. The Balaban J connectivity index is 2.51. The molecule has 1 aliphatic heterocycles. The van der Waals surface area contributed by atoms with Gasteiger partial charge in [0.05, 0.1) is 0 Å². The van der Waals surface area contributed by atoms with Crippen molar-refractivity contribution in [3.05, 3.63) is 42.0 Å². The smallest absolute Gasteiger partial charge is 0.296 e. The SMILES string of the molecule is O=C1Nc2cccc3cccc(c23)C1=O. The molecule has 1 amide bonds. The summed E-state index contributed by atoms with van der Waals surface area (Å²) in [5, 5.41) is 4.39. The van der Waals surface area contributed by atoms with Crippen molar-refractivity contribution < 1.29 is 9.59 Å². The average Bonchev–Trinajstić information content (AvgIpc) is 2.26. The van der Waals surface area contributed by atoms with Crippen molar-refractivity contribution in [2.45, 2.75) is 0 Å². The van der Waals surface area contributed by atoms with Crippen LogP contribution in [0.1, 0.15) is 10.4 Å². The predicted octanol–water partition coefficient (Wildman–Crippen LogP) is 1.97. The zero-order chi connectivity index (χ0) is 10.4. The molecule has 0 aliphatic carbocycles. The number of carbonyl (C=O) groups excluding carboxylic acids is 2. The van der Waals surface area contributed by atoms with Gasteiger partial charge in [0.2, 0.25) is 0 Å². The molecule has 1 heterocycles. The van der Waals surface area contributed by atoms with Gasteiger partial charge in [-0.25, -0.2) is 0 Å². The first kappa shape index (κ1) is 8.17. The molecule has 0 aromatic heterocycles. The number of anilines is 1. The predicted molar refractivity (Wildman–Crippen MR) is 56.9 cm³/mol. The van der Waals surface area contributed by atoms with Gasteiger partial charge in [0.25, 0.3) is 11.7 Å². The highest BCUT2D eigenvalue weighted by molar-refractivity contribution is 6.51. The quantitative estimate of drug-likeness (QED) is 0.656. The highest BCUT2D eigenvalue weighted by Gasteiger charge is 2.25. The number of benzene rings is 2. The molecule has 3 nitrogen and oxygen atoms in total. The Morgan fingerprint density at radius 3 is 2.47 bits per heavy atom. The summed E-state index contributed by atoms with van der Waals surface area (Å²) in [6.45, 7) is 0. The minimum absolute atomic E-state index is 0.459. The van der Waals surface area contributed by atoms with Crippen LogP contribution >= 0.6 is 0 Å². The van der Waals surface area contributed by atoms with Gasteiger partial charge in [0, 0.05) is 16.6 Å². The van der Waals surface area contributed by atoms with Gasteiger partial charge in [0.15, 0.2) is 0 Å². The number of carbonyl (C=O) groups is 2. The van der Waals surface area contributed by atoms with Gasteiger partial charge in [-0.1, -0.05) is 30.3 Å². The second kappa shape index (κ2) is 2.67. The molecule has 0 radical (unpaired) electrons. The fourth-order valence-electron chi connectivity index (χ4n) is 1.94. The first-order chi connectivity index (χ1) is 7.27. The van der Waals surface area contributed by atoms with Crippen molar-refractivity contribution in [1.82, 2.24) is 0 Å². The fourth-order valence-corrected chi connectivity index (χ4v) is 1.94. The van der Waals surface area contributed by atoms with Crippen LogP contribution in [0.3, 0.4) is 0 Å². The summed E-state index contributed by atoms with van der Waals surface area (Å²) >= 11 is 0. The lowest BCUT2D eigenvalue weighted by Crippen LogP contribution is -2.27. The summed E-state index contributed by atoms with van der Waals surface area (Å²) in [6.07, 6.45) is 0. The van der Waals surface area contributed by atoms with Crippen molar-refractivity contribution >= 4 is 28.2 Å². The van der Waals surface area contributed by atoms with E-state index in [-0.39, 0.29) is 0 Å². The number of ketones is 1. The van der Waals surface area contributed by atoms with E-state index in [1.54, 1.807) is 18.2 Å². The molecule has 72 valence electrons. The Morgan fingerprint density at radius 1 is 0.933 bits per heavy atom. The molecule has 2 aromatic carbocycles. The molecule has 1 aliphatic rings.